The number of carbonyl (C=O) groups is 2. The average Bonchev–Trinajstić information content (AvgIpc) is 2.86. The van der Waals surface area contributed by atoms with Gasteiger partial charge in [-0.1, -0.05) is 91.0 Å². The van der Waals surface area contributed by atoms with Crippen LogP contribution in [-0.2, 0) is 33.7 Å². The molecule has 5 nitrogen and oxygen atoms in total. The molecule has 0 spiro atoms. The summed E-state index contributed by atoms with van der Waals surface area (Å²) in [6, 6.07) is 29.0. The van der Waals surface area contributed by atoms with Crippen molar-refractivity contribution in [3.05, 3.63) is 108 Å². The first-order valence-electron chi connectivity index (χ1n) is 11.3. The van der Waals surface area contributed by atoms with Crippen LogP contribution in [0.4, 0.5) is 0 Å². The molecule has 0 aliphatic carbocycles. The van der Waals surface area contributed by atoms with E-state index in [0.717, 1.165) is 16.7 Å². The van der Waals surface area contributed by atoms with Gasteiger partial charge in [-0.3, -0.25) is 9.59 Å². The molecule has 0 aliphatic heterocycles. The van der Waals surface area contributed by atoms with E-state index in [4.69, 9.17) is 4.74 Å². The second-order valence-corrected chi connectivity index (χ2v) is 7.98. The number of methoxy groups -OCH3 is 1. The highest BCUT2D eigenvalue weighted by molar-refractivity contribution is 5.88. The molecule has 0 saturated carbocycles. The molecule has 0 aromatic heterocycles. The van der Waals surface area contributed by atoms with Crippen LogP contribution in [0.25, 0.3) is 0 Å². The highest BCUT2D eigenvalue weighted by Gasteiger charge is 2.30. The van der Waals surface area contributed by atoms with Crippen molar-refractivity contribution in [2.75, 3.05) is 20.3 Å². The first kappa shape index (κ1) is 24.2. The lowest BCUT2D eigenvalue weighted by Gasteiger charge is -2.31. The third-order valence-corrected chi connectivity index (χ3v) is 5.54. The van der Waals surface area contributed by atoms with Crippen LogP contribution in [0, 0.1) is 0 Å². The lowest BCUT2D eigenvalue weighted by Crippen LogP contribution is -2.51. The van der Waals surface area contributed by atoms with Gasteiger partial charge in [0.2, 0.25) is 11.8 Å². The van der Waals surface area contributed by atoms with Crippen molar-refractivity contribution in [3.63, 3.8) is 0 Å². The first-order valence-corrected chi connectivity index (χ1v) is 11.3. The fourth-order valence-corrected chi connectivity index (χ4v) is 3.77. The molecule has 0 unspecified atom stereocenters. The molecule has 172 valence electrons. The second-order valence-electron chi connectivity index (χ2n) is 7.98. The monoisotopic (exact) mass is 444 g/mol. The lowest BCUT2D eigenvalue weighted by molar-refractivity contribution is -0.141. The minimum atomic E-state index is -0.618. The Morgan fingerprint density at radius 1 is 0.818 bits per heavy atom. The van der Waals surface area contributed by atoms with E-state index in [1.54, 1.807) is 12.0 Å². The van der Waals surface area contributed by atoms with Crippen LogP contribution >= 0.6 is 0 Å². The fourth-order valence-electron chi connectivity index (χ4n) is 3.77. The predicted octanol–water partition coefficient (Wildman–Crippen LogP) is 4.02. The molecule has 0 saturated heterocycles. The Hall–Kier alpha value is -3.44. The molecular formula is C28H32N2O3. The summed E-state index contributed by atoms with van der Waals surface area (Å²) in [5, 5.41) is 2.94. The molecule has 0 aliphatic rings. The summed E-state index contributed by atoms with van der Waals surface area (Å²) in [6.45, 7) is 1.20. The van der Waals surface area contributed by atoms with Crippen LogP contribution in [0.5, 0.6) is 0 Å². The van der Waals surface area contributed by atoms with Gasteiger partial charge in [-0.15, -0.1) is 0 Å². The summed E-state index contributed by atoms with van der Waals surface area (Å²) >= 11 is 0. The zero-order valence-corrected chi connectivity index (χ0v) is 19.2. The Morgan fingerprint density at radius 2 is 1.36 bits per heavy atom. The van der Waals surface area contributed by atoms with Crippen molar-refractivity contribution in [2.45, 2.75) is 31.8 Å². The molecular weight excluding hydrogens is 412 g/mol. The van der Waals surface area contributed by atoms with E-state index < -0.39 is 6.04 Å². The normalized spacial score (nSPS) is 11.5. The van der Waals surface area contributed by atoms with Crippen LogP contribution in [0.2, 0.25) is 0 Å². The van der Waals surface area contributed by atoms with Gasteiger partial charge in [-0.05, 0) is 23.1 Å². The summed E-state index contributed by atoms with van der Waals surface area (Å²) in [5.41, 5.74) is 3.11. The summed E-state index contributed by atoms with van der Waals surface area (Å²) in [7, 11) is 1.60. The quantitative estimate of drug-likeness (QED) is 0.429. The van der Waals surface area contributed by atoms with E-state index in [1.807, 2.05) is 91.0 Å². The van der Waals surface area contributed by atoms with Gasteiger partial charge in [0.05, 0.1) is 6.61 Å². The summed E-state index contributed by atoms with van der Waals surface area (Å²) in [4.78, 5) is 28.5. The topological polar surface area (TPSA) is 58.6 Å². The number of nitrogens with zero attached hydrogens (tertiary/aromatic N) is 1. The van der Waals surface area contributed by atoms with E-state index in [-0.39, 0.29) is 11.8 Å². The summed E-state index contributed by atoms with van der Waals surface area (Å²) in [5.74, 6) is -0.203. The maximum absolute atomic E-state index is 13.5. The highest BCUT2D eigenvalue weighted by atomic mass is 16.5. The third kappa shape index (κ3) is 7.88. The third-order valence-electron chi connectivity index (χ3n) is 5.54. The fraction of sp³-hybridized carbons (Fsp3) is 0.286. The molecule has 3 aromatic rings. The number of hydrogen-bond donors (Lipinski definition) is 1. The van der Waals surface area contributed by atoms with E-state index >= 15 is 0 Å². The van der Waals surface area contributed by atoms with Gasteiger partial charge in [0.15, 0.2) is 0 Å². The zero-order valence-electron chi connectivity index (χ0n) is 19.2. The van der Waals surface area contributed by atoms with Gasteiger partial charge in [0.25, 0.3) is 0 Å². The minimum absolute atomic E-state index is 0.0365. The molecule has 0 radical (unpaired) electrons. The van der Waals surface area contributed by atoms with Crippen LogP contribution in [-0.4, -0.2) is 43.0 Å². The summed E-state index contributed by atoms with van der Waals surface area (Å²) in [6.07, 6.45) is 1.42. The van der Waals surface area contributed by atoms with Crippen molar-refractivity contribution < 1.29 is 14.3 Å². The molecule has 1 atom stereocenters. The molecule has 1 N–H and O–H groups in total. The number of benzene rings is 3. The Kier molecular flexibility index (Phi) is 9.67. The van der Waals surface area contributed by atoms with Crippen LogP contribution in [0.3, 0.4) is 0 Å². The second kappa shape index (κ2) is 13.2. The van der Waals surface area contributed by atoms with Crippen molar-refractivity contribution in [1.82, 2.24) is 10.2 Å². The van der Waals surface area contributed by atoms with Gasteiger partial charge < -0.3 is 15.0 Å². The van der Waals surface area contributed by atoms with Crippen molar-refractivity contribution in [3.8, 4) is 0 Å². The standard InChI is InChI=1S/C28H32N2O3/c1-33-20-19-29-28(32)26(21-24-13-7-3-8-14-24)30(22-25-15-9-4-10-16-25)27(31)18-17-23-11-5-2-6-12-23/h2-16,26H,17-22H2,1H3,(H,29,32)/t26-/m0/s1. The number of carbonyl (C=O) groups excluding carboxylic acids is 2. The van der Waals surface area contributed by atoms with Gasteiger partial charge in [0.1, 0.15) is 6.04 Å². The molecule has 0 heterocycles. The van der Waals surface area contributed by atoms with Crippen LogP contribution in [0.15, 0.2) is 91.0 Å². The average molecular weight is 445 g/mol. The number of aryl methyl sites for hydroxylation is 1. The van der Waals surface area contributed by atoms with Gasteiger partial charge >= 0.3 is 0 Å². The molecule has 33 heavy (non-hydrogen) atoms. The largest absolute Gasteiger partial charge is 0.383 e. The maximum Gasteiger partial charge on any atom is 0.243 e. The SMILES string of the molecule is COCCNC(=O)[C@H](Cc1ccccc1)N(Cc1ccccc1)C(=O)CCc1ccccc1. The number of rotatable bonds is 12. The highest BCUT2D eigenvalue weighted by Crippen LogP contribution is 2.17. The Bertz CT molecular complexity index is 978. The first-order chi connectivity index (χ1) is 16.2. The van der Waals surface area contributed by atoms with Crippen molar-refractivity contribution in [2.24, 2.45) is 0 Å². The van der Waals surface area contributed by atoms with Crippen molar-refractivity contribution in [1.29, 1.82) is 0 Å². The molecule has 0 fully saturated rings. The van der Waals surface area contributed by atoms with E-state index in [1.165, 1.54) is 0 Å². The number of hydrogen-bond acceptors (Lipinski definition) is 3. The Balaban J connectivity index is 1.85. The lowest BCUT2D eigenvalue weighted by atomic mass is 10.0. The summed E-state index contributed by atoms with van der Waals surface area (Å²) < 4.78 is 5.09. The zero-order chi connectivity index (χ0) is 23.3. The molecule has 3 aromatic carbocycles. The number of amides is 2. The van der Waals surface area contributed by atoms with Gasteiger partial charge in [0, 0.05) is 33.0 Å². The molecule has 5 heteroatoms. The van der Waals surface area contributed by atoms with Crippen molar-refractivity contribution >= 4 is 11.8 Å². The van der Waals surface area contributed by atoms with Gasteiger partial charge in [-0.2, -0.15) is 0 Å². The molecule has 2 amide bonds. The number of ether oxygens (including phenoxy) is 1. The maximum atomic E-state index is 13.5. The Morgan fingerprint density at radius 3 is 1.94 bits per heavy atom. The number of nitrogens with one attached hydrogen (secondary N) is 1. The van der Waals surface area contributed by atoms with Crippen LogP contribution in [0.1, 0.15) is 23.1 Å². The smallest absolute Gasteiger partial charge is 0.243 e. The molecule has 3 rings (SSSR count). The van der Waals surface area contributed by atoms with E-state index in [2.05, 4.69) is 5.32 Å². The van der Waals surface area contributed by atoms with E-state index in [0.29, 0.717) is 39.0 Å². The Labute approximate surface area is 196 Å². The van der Waals surface area contributed by atoms with Crippen LogP contribution < -0.4 is 5.32 Å². The minimum Gasteiger partial charge on any atom is -0.383 e. The predicted molar refractivity (Wildman–Crippen MR) is 131 cm³/mol. The molecule has 0 bridgehead atoms. The van der Waals surface area contributed by atoms with E-state index in [9.17, 15) is 9.59 Å². The van der Waals surface area contributed by atoms with Gasteiger partial charge in [-0.25, -0.2) is 0 Å².